The van der Waals surface area contributed by atoms with E-state index in [1.165, 1.54) is 212 Å². The zero-order valence-corrected chi connectivity index (χ0v) is 67.7. The molecule has 550 valence electrons. The van der Waals surface area contributed by atoms with E-state index >= 15 is 0 Å². The van der Waals surface area contributed by atoms with Crippen LogP contribution in [0.25, 0.3) is 102 Å². The van der Waals surface area contributed by atoms with Crippen molar-refractivity contribution < 1.29 is 0 Å². The van der Waals surface area contributed by atoms with Gasteiger partial charge in [-0.15, -0.1) is 0 Å². The van der Waals surface area contributed by atoms with Crippen molar-refractivity contribution in [2.75, 3.05) is 9.80 Å². The van der Waals surface area contributed by atoms with E-state index in [1.807, 2.05) is 0 Å². The molecule has 0 saturated carbocycles. The summed E-state index contributed by atoms with van der Waals surface area (Å²) >= 11 is 0. The maximum Gasteiger partial charge on any atom is 0.0465 e. The predicted octanol–water partition coefficient (Wildman–Crippen LogP) is 29.9. The lowest BCUT2D eigenvalue weighted by Gasteiger charge is -2.31. The molecule has 0 heterocycles. The third-order valence-corrected chi connectivity index (χ3v) is 28.7. The molecule has 0 N–H and O–H groups in total. The van der Waals surface area contributed by atoms with Gasteiger partial charge < -0.3 is 9.80 Å². The van der Waals surface area contributed by atoms with Gasteiger partial charge in [0, 0.05) is 72.0 Å². The largest absolute Gasteiger partial charge is 0.310 e. The van der Waals surface area contributed by atoms with Crippen molar-refractivity contribution >= 4 is 58.4 Å². The predicted molar refractivity (Wildman–Crippen MR) is 479 cm³/mol. The van der Waals surface area contributed by atoms with Gasteiger partial charge in [-0.1, -0.05) is 327 Å². The Morgan fingerprint density at radius 2 is 0.354 bits per heavy atom. The summed E-state index contributed by atoms with van der Waals surface area (Å²) < 4.78 is 0. The average molecular weight is 1460 g/mol. The highest BCUT2D eigenvalue weighted by atomic mass is 15.1. The number of nitrogens with zero attached hydrogens (tertiary/aromatic N) is 2. The Kier molecular flexibility index (Phi) is 14.7. The molecule has 113 heavy (non-hydrogen) atoms. The van der Waals surface area contributed by atoms with Gasteiger partial charge in [-0.3, -0.25) is 0 Å². The smallest absolute Gasteiger partial charge is 0.0465 e. The van der Waals surface area contributed by atoms with Crippen LogP contribution in [0.15, 0.2) is 279 Å². The molecule has 0 saturated heterocycles. The van der Waals surface area contributed by atoms with Gasteiger partial charge in [0.2, 0.25) is 0 Å². The lowest BCUT2D eigenvalue weighted by Crippen LogP contribution is -2.23. The number of fused-ring (bicyclic) bond motifs is 21. The first-order chi connectivity index (χ1) is 54.4. The molecule has 0 fully saturated rings. The van der Waals surface area contributed by atoms with Crippen LogP contribution in [0.1, 0.15) is 210 Å². The van der Waals surface area contributed by atoms with E-state index in [0.717, 1.165) is 12.8 Å². The van der Waals surface area contributed by atoms with E-state index in [9.17, 15) is 0 Å². The Hall–Kier alpha value is -11.8. The molecule has 0 amide bonds. The molecule has 0 atom stereocenters. The van der Waals surface area contributed by atoms with Crippen LogP contribution >= 0.6 is 0 Å². The molecule has 14 aromatic carbocycles. The summed E-state index contributed by atoms with van der Waals surface area (Å²) in [5.41, 5.74) is 48.8. The van der Waals surface area contributed by atoms with E-state index in [1.54, 1.807) is 0 Å². The van der Waals surface area contributed by atoms with Crippen molar-refractivity contribution in [3.05, 3.63) is 379 Å². The Labute approximate surface area is 668 Å². The van der Waals surface area contributed by atoms with Crippen LogP contribution in [0.4, 0.5) is 34.1 Å². The second kappa shape index (κ2) is 24.1. The van der Waals surface area contributed by atoms with E-state index in [0.29, 0.717) is 0 Å². The van der Waals surface area contributed by atoms with Crippen LogP contribution in [0.3, 0.4) is 0 Å². The molecule has 7 aliphatic carbocycles. The fourth-order valence-corrected chi connectivity index (χ4v) is 22.3. The van der Waals surface area contributed by atoms with Crippen molar-refractivity contribution in [1.82, 2.24) is 0 Å². The Morgan fingerprint density at radius 3 is 0.575 bits per heavy atom. The molecule has 0 bridgehead atoms. The second-order valence-corrected chi connectivity index (χ2v) is 36.7. The van der Waals surface area contributed by atoms with Gasteiger partial charge in [-0.2, -0.15) is 0 Å². The molecule has 2 nitrogen and oxygen atoms in total. The number of anilines is 6. The highest BCUT2D eigenvalue weighted by Crippen LogP contribution is 2.60. The SMILES string of the molecule is CCC1(CC)c2cc(/C=C/c3ccc4c(c3)C(C)(C)c3cc(N(c5ccc6c(c5)C(C)(C)c5ccccc5-6)c5ccc6c(c5)C(C)(C)c5ccccc5-6)ccc3-4)ccc2-c2ccc(/C=C/c3ccc4c(c3)C(C)(C)c3cc(N(c5ccc6c(c5)C(C)(C)c5ccccc5-6)c5ccc6c(c5)C(C)(C)c5ccccc5-6)ccc3-4)cc21. The maximum absolute atomic E-state index is 2.53. The van der Waals surface area contributed by atoms with Gasteiger partial charge in [0.15, 0.2) is 0 Å². The summed E-state index contributed by atoms with van der Waals surface area (Å²) in [6.45, 7) is 33.6. The summed E-state index contributed by atoms with van der Waals surface area (Å²) in [6.07, 6.45) is 11.4. The first-order valence-corrected chi connectivity index (χ1v) is 41.2. The zero-order chi connectivity index (χ0) is 77.4. The molecule has 14 aromatic rings. The van der Waals surface area contributed by atoms with Crippen molar-refractivity contribution in [3.8, 4) is 77.9 Å². The van der Waals surface area contributed by atoms with Gasteiger partial charge in [-0.25, -0.2) is 0 Å². The van der Waals surface area contributed by atoms with E-state index in [4.69, 9.17) is 0 Å². The third-order valence-electron chi connectivity index (χ3n) is 28.7. The molecular weight excluding hydrogens is 1360 g/mol. The minimum absolute atomic E-state index is 0.105. The Morgan fingerprint density at radius 1 is 0.186 bits per heavy atom. The van der Waals surface area contributed by atoms with Crippen molar-refractivity contribution in [2.24, 2.45) is 0 Å². The fraction of sp³-hybridized carbons (Fsp3) is 0.207. The normalized spacial score (nSPS) is 16.7. The number of rotatable bonds is 12. The summed E-state index contributed by atoms with van der Waals surface area (Å²) in [6, 6.07) is 108. The molecule has 7 aliphatic rings. The van der Waals surface area contributed by atoms with Crippen LogP contribution in [0.2, 0.25) is 0 Å². The standard InChI is InChI=1S/C111H96N2/c1-15-111(16-2)103-59-69(35-33-67-37-47-81-87-55-45-75(65-101(87)109(11,12)95(81)57-67)112(71-41-51-83-77-25-17-21-29-91(77)105(3,4)97(83)61-71)72-42-52-84-78-26-18-22-30-92(78)106(5,6)98(84)62-72)39-49-89(103)90-50-40-70(60-104(90)111)36-34-68-38-48-82-88-56-46-76(66-102(88)110(13,14)96(82)58-68)113(73-43-53-85-79-27-19-23-31-93(79)107(7,8)99(85)63-73)74-44-54-86-80-28-20-24-32-94(80)108(9,10)100(86)64-74/h17-66H,15-16H2,1-14H3/b35-33+,36-34+. The molecule has 2 heteroatoms. The van der Waals surface area contributed by atoms with Crippen molar-refractivity contribution in [1.29, 1.82) is 0 Å². The lowest BCUT2D eigenvalue weighted by atomic mass is 9.73. The molecular formula is C111H96N2. The topological polar surface area (TPSA) is 6.48 Å². The Bertz CT molecular complexity index is 5930. The third kappa shape index (κ3) is 9.78. The van der Waals surface area contributed by atoms with Crippen LogP contribution in [-0.2, 0) is 37.9 Å². The van der Waals surface area contributed by atoms with E-state index in [-0.39, 0.29) is 37.9 Å². The molecule has 0 aromatic heterocycles. The van der Waals surface area contributed by atoms with Gasteiger partial charge in [0.1, 0.15) is 0 Å². The van der Waals surface area contributed by atoms with Crippen LogP contribution in [-0.4, -0.2) is 0 Å². The zero-order valence-electron chi connectivity index (χ0n) is 67.7. The number of hydrogen-bond acceptors (Lipinski definition) is 2. The summed E-state index contributed by atoms with van der Waals surface area (Å²) in [5, 5.41) is 0. The van der Waals surface area contributed by atoms with Gasteiger partial charge in [0.05, 0.1) is 0 Å². The highest BCUT2D eigenvalue weighted by molar-refractivity contribution is 5.95. The van der Waals surface area contributed by atoms with E-state index < -0.39 is 0 Å². The molecule has 21 rings (SSSR count). The van der Waals surface area contributed by atoms with Gasteiger partial charge in [0.25, 0.3) is 0 Å². The fourth-order valence-electron chi connectivity index (χ4n) is 22.3. The summed E-state index contributed by atoms with van der Waals surface area (Å²) in [4.78, 5) is 5.06. The average Bonchev–Trinajstić information content (AvgIpc) is 1.58. The van der Waals surface area contributed by atoms with E-state index in [2.05, 4.69) is 410 Å². The molecule has 0 spiro atoms. The summed E-state index contributed by atoms with van der Waals surface area (Å²) in [7, 11) is 0. The summed E-state index contributed by atoms with van der Waals surface area (Å²) in [5.74, 6) is 0. The maximum atomic E-state index is 2.53. The molecule has 0 radical (unpaired) electrons. The molecule has 0 unspecified atom stereocenters. The molecule has 0 aliphatic heterocycles. The monoisotopic (exact) mass is 1460 g/mol. The van der Waals surface area contributed by atoms with Crippen LogP contribution < -0.4 is 9.80 Å². The quantitative estimate of drug-likeness (QED) is 0.113. The minimum atomic E-state index is -0.247. The van der Waals surface area contributed by atoms with Gasteiger partial charge in [-0.05, 0) is 264 Å². The first-order valence-electron chi connectivity index (χ1n) is 41.2. The first kappa shape index (κ1) is 69.1. The number of hydrogen-bond donors (Lipinski definition) is 0. The van der Waals surface area contributed by atoms with Gasteiger partial charge >= 0.3 is 0 Å². The second-order valence-electron chi connectivity index (χ2n) is 36.7. The van der Waals surface area contributed by atoms with Crippen LogP contribution in [0, 0.1) is 0 Å². The highest BCUT2D eigenvalue weighted by Gasteiger charge is 2.45. The van der Waals surface area contributed by atoms with Crippen molar-refractivity contribution in [2.45, 2.75) is 148 Å². The van der Waals surface area contributed by atoms with Crippen molar-refractivity contribution in [3.63, 3.8) is 0 Å². The minimum Gasteiger partial charge on any atom is -0.310 e. The lowest BCUT2D eigenvalue weighted by molar-refractivity contribution is 0.490. The van der Waals surface area contributed by atoms with Crippen LogP contribution in [0.5, 0.6) is 0 Å². The Balaban J connectivity index is 0.555. The number of benzene rings is 14.